The van der Waals surface area contributed by atoms with E-state index in [-0.39, 0.29) is 5.41 Å². The summed E-state index contributed by atoms with van der Waals surface area (Å²) in [5.41, 5.74) is 0.788. The van der Waals surface area contributed by atoms with Gasteiger partial charge in [0.15, 0.2) is 0 Å². The number of hydrogen-bond acceptors (Lipinski definition) is 3. The van der Waals surface area contributed by atoms with Gasteiger partial charge in [0.05, 0.1) is 13.3 Å². The lowest BCUT2D eigenvalue weighted by Crippen LogP contribution is -2.47. The number of ether oxygens (including phenoxy) is 2. The van der Waals surface area contributed by atoms with Gasteiger partial charge in [-0.1, -0.05) is 51.2 Å². The highest BCUT2D eigenvalue weighted by Gasteiger charge is 2.25. The standard InChI is InChI=1S/C20H28O3Si/c1-20(2,3)18-13-16(9-12-19(18)21)23-14-24(5,6)17-10-7-15(22-4)8-11-17/h7-13,21H,14H2,1-6H3. The van der Waals surface area contributed by atoms with Crippen LogP contribution < -0.4 is 14.7 Å². The molecule has 0 radical (unpaired) electrons. The zero-order chi connectivity index (χ0) is 18.0. The summed E-state index contributed by atoms with van der Waals surface area (Å²) in [5.74, 6) is 2.01. The zero-order valence-corrected chi connectivity index (χ0v) is 16.5. The SMILES string of the molecule is COc1ccc([Si](C)(C)COc2ccc(O)c(C(C)(C)C)c2)cc1. The van der Waals surface area contributed by atoms with Crippen LogP contribution in [0, 0.1) is 0 Å². The van der Waals surface area contributed by atoms with Gasteiger partial charge >= 0.3 is 0 Å². The molecule has 0 atom stereocenters. The molecule has 0 saturated heterocycles. The van der Waals surface area contributed by atoms with Gasteiger partial charge in [-0.25, -0.2) is 0 Å². The Bertz CT molecular complexity index is 685. The van der Waals surface area contributed by atoms with Gasteiger partial charge in [-0.2, -0.15) is 0 Å². The molecule has 1 N–H and O–H groups in total. The molecule has 0 unspecified atom stereocenters. The van der Waals surface area contributed by atoms with Crippen molar-refractivity contribution in [3.8, 4) is 17.2 Å². The van der Waals surface area contributed by atoms with Crippen LogP contribution in [0.5, 0.6) is 17.2 Å². The average molecular weight is 345 g/mol. The summed E-state index contributed by atoms with van der Waals surface area (Å²) in [6.45, 7) is 10.8. The van der Waals surface area contributed by atoms with Crippen molar-refractivity contribution in [3.05, 3.63) is 48.0 Å². The van der Waals surface area contributed by atoms with Crippen LogP contribution in [0.2, 0.25) is 13.1 Å². The van der Waals surface area contributed by atoms with Crippen LogP contribution in [0.25, 0.3) is 0 Å². The molecule has 0 bridgehead atoms. The minimum Gasteiger partial charge on any atom is -0.508 e. The van der Waals surface area contributed by atoms with Gasteiger partial charge in [0.1, 0.15) is 25.3 Å². The molecule has 0 aliphatic carbocycles. The fourth-order valence-electron chi connectivity index (χ4n) is 2.59. The summed E-state index contributed by atoms with van der Waals surface area (Å²) in [6, 6.07) is 13.8. The first-order chi connectivity index (χ1) is 11.1. The average Bonchev–Trinajstić information content (AvgIpc) is 2.53. The smallest absolute Gasteiger partial charge is 0.124 e. The van der Waals surface area contributed by atoms with Gasteiger partial charge in [-0.15, -0.1) is 0 Å². The van der Waals surface area contributed by atoms with Gasteiger partial charge in [0.2, 0.25) is 0 Å². The Labute approximate surface area is 146 Å². The van der Waals surface area contributed by atoms with Gasteiger partial charge in [-0.05, 0) is 35.7 Å². The first kappa shape index (κ1) is 18.4. The second-order valence-electron chi connectivity index (χ2n) is 7.83. The van der Waals surface area contributed by atoms with Crippen LogP contribution in [0.4, 0.5) is 0 Å². The van der Waals surface area contributed by atoms with Crippen molar-refractivity contribution in [3.63, 3.8) is 0 Å². The summed E-state index contributed by atoms with van der Waals surface area (Å²) < 4.78 is 11.3. The molecule has 2 rings (SSSR count). The number of benzene rings is 2. The summed E-state index contributed by atoms with van der Waals surface area (Å²) in [5, 5.41) is 11.4. The van der Waals surface area contributed by atoms with Crippen molar-refractivity contribution in [1.29, 1.82) is 0 Å². The molecule has 2 aromatic carbocycles. The lowest BCUT2D eigenvalue weighted by molar-refractivity contribution is 0.374. The second kappa shape index (κ2) is 6.89. The molecule has 0 amide bonds. The minimum absolute atomic E-state index is 0.119. The quantitative estimate of drug-likeness (QED) is 0.825. The molecule has 0 saturated carbocycles. The minimum atomic E-state index is -1.72. The molecule has 0 spiro atoms. The summed E-state index contributed by atoms with van der Waals surface area (Å²) in [4.78, 5) is 0. The topological polar surface area (TPSA) is 38.7 Å². The lowest BCUT2D eigenvalue weighted by atomic mass is 9.86. The molecule has 0 heterocycles. The van der Waals surface area contributed by atoms with E-state index < -0.39 is 8.07 Å². The molecule has 0 aliphatic heterocycles. The van der Waals surface area contributed by atoms with Crippen LogP contribution in [0.1, 0.15) is 26.3 Å². The Hall–Kier alpha value is -1.94. The third-order valence-corrected chi connectivity index (χ3v) is 7.01. The highest BCUT2D eigenvalue weighted by atomic mass is 28.3. The van der Waals surface area contributed by atoms with E-state index in [1.165, 1.54) is 5.19 Å². The highest BCUT2D eigenvalue weighted by molar-refractivity contribution is 6.89. The summed E-state index contributed by atoms with van der Waals surface area (Å²) in [6.07, 6.45) is 0.688. The zero-order valence-electron chi connectivity index (χ0n) is 15.5. The van der Waals surface area contributed by atoms with E-state index in [0.29, 0.717) is 12.0 Å². The van der Waals surface area contributed by atoms with Gasteiger partial charge in [0.25, 0.3) is 0 Å². The maximum absolute atomic E-state index is 10.1. The van der Waals surface area contributed by atoms with Crippen molar-refractivity contribution >= 4 is 13.3 Å². The van der Waals surface area contributed by atoms with Crippen molar-refractivity contribution < 1.29 is 14.6 Å². The van der Waals surface area contributed by atoms with E-state index in [2.05, 4.69) is 46.0 Å². The number of phenols is 1. The molecule has 130 valence electrons. The first-order valence-corrected chi connectivity index (χ1v) is 11.4. The predicted octanol–water partition coefficient (Wildman–Crippen LogP) is 4.23. The fraction of sp³-hybridized carbons (Fsp3) is 0.400. The summed E-state index contributed by atoms with van der Waals surface area (Å²) in [7, 11) is -0.0362. The van der Waals surface area contributed by atoms with E-state index in [4.69, 9.17) is 9.47 Å². The largest absolute Gasteiger partial charge is 0.508 e. The Morgan fingerprint density at radius 2 is 1.54 bits per heavy atom. The number of methoxy groups -OCH3 is 1. The number of rotatable bonds is 5. The van der Waals surface area contributed by atoms with Crippen LogP contribution in [0.3, 0.4) is 0 Å². The molecule has 0 fully saturated rings. The normalized spacial score (nSPS) is 12.1. The Kier molecular flexibility index (Phi) is 5.28. The van der Waals surface area contributed by atoms with Gasteiger partial charge in [-0.3, -0.25) is 0 Å². The molecular weight excluding hydrogens is 316 g/mol. The summed E-state index contributed by atoms with van der Waals surface area (Å²) >= 11 is 0. The lowest BCUT2D eigenvalue weighted by Gasteiger charge is -2.25. The van der Waals surface area contributed by atoms with E-state index >= 15 is 0 Å². The molecule has 0 aromatic heterocycles. The van der Waals surface area contributed by atoms with Crippen LogP contribution in [-0.2, 0) is 5.41 Å². The number of phenolic OH excluding ortho intramolecular Hbond substituents is 1. The highest BCUT2D eigenvalue weighted by Crippen LogP contribution is 2.33. The second-order valence-corrected chi connectivity index (χ2v) is 12.5. The monoisotopic (exact) mass is 344 g/mol. The molecule has 4 heteroatoms. The Morgan fingerprint density at radius 3 is 2.08 bits per heavy atom. The van der Waals surface area contributed by atoms with Crippen molar-refractivity contribution in [2.45, 2.75) is 39.3 Å². The van der Waals surface area contributed by atoms with E-state index in [1.54, 1.807) is 13.2 Å². The fourth-order valence-corrected chi connectivity index (χ4v) is 4.36. The van der Waals surface area contributed by atoms with E-state index in [1.807, 2.05) is 24.3 Å². The third-order valence-electron chi connectivity index (χ3n) is 4.25. The molecule has 24 heavy (non-hydrogen) atoms. The molecule has 0 aliphatic rings. The number of aromatic hydroxyl groups is 1. The van der Waals surface area contributed by atoms with Crippen molar-refractivity contribution in [2.24, 2.45) is 0 Å². The first-order valence-electron chi connectivity index (χ1n) is 8.24. The maximum Gasteiger partial charge on any atom is 0.124 e. The number of hydrogen-bond donors (Lipinski definition) is 1. The Morgan fingerprint density at radius 1 is 0.958 bits per heavy atom. The van der Waals surface area contributed by atoms with E-state index in [9.17, 15) is 5.11 Å². The Balaban J connectivity index is 2.14. The van der Waals surface area contributed by atoms with Gasteiger partial charge < -0.3 is 14.6 Å². The predicted molar refractivity (Wildman–Crippen MR) is 102 cm³/mol. The van der Waals surface area contributed by atoms with Crippen molar-refractivity contribution in [2.75, 3.05) is 13.3 Å². The van der Waals surface area contributed by atoms with Crippen LogP contribution in [0.15, 0.2) is 42.5 Å². The van der Waals surface area contributed by atoms with Crippen LogP contribution >= 0.6 is 0 Å². The van der Waals surface area contributed by atoms with Gasteiger partial charge in [0, 0.05) is 5.56 Å². The van der Waals surface area contributed by atoms with Crippen LogP contribution in [-0.4, -0.2) is 26.5 Å². The maximum atomic E-state index is 10.1. The molecular formula is C20H28O3Si. The molecule has 3 nitrogen and oxygen atoms in total. The van der Waals surface area contributed by atoms with Crippen molar-refractivity contribution in [1.82, 2.24) is 0 Å². The molecule has 2 aromatic rings. The third kappa shape index (κ3) is 4.32. The van der Waals surface area contributed by atoms with E-state index in [0.717, 1.165) is 17.1 Å².